The molecule has 0 radical (unpaired) electrons. The van der Waals surface area contributed by atoms with Crippen LogP contribution in [0.15, 0.2) is 53.1 Å². The summed E-state index contributed by atoms with van der Waals surface area (Å²) in [5.41, 5.74) is 8.22. The minimum Gasteiger partial charge on any atom is -0.497 e. The van der Waals surface area contributed by atoms with Gasteiger partial charge in [-0.2, -0.15) is 4.98 Å². The molecular formula is C23H25N5O4. The van der Waals surface area contributed by atoms with Crippen molar-refractivity contribution in [1.82, 2.24) is 25.9 Å². The summed E-state index contributed by atoms with van der Waals surface area (Å²) in [5.74, 6) is 2.77. The molecule has 2 saturated heterocycles. The summed E-state index contributed by atoms with van der Waals surface area (Å²) in [4.78, 5) is 19.3. The van der Waals surface area contributed by atoms with E-state index in [2.05, 4.69) is 21.0 Å². The molecule has 1 aromatic heterocycles. The van der Waals surface area contributed by atoms with Gasteiger partial charge in [-0.15, -0.1) is 0 Å². The SMILES string of the molecule is COc1ccc(OC)c(C2CC(C(=O)N3CC(c4nc(-c5ccccc5)no4)C3)NN2)c1. The molecule has 2 aliphatic rings. The lowest BCUT2D eigenvalue weighted by Crippen LogP contribution is -2.54. The Labute approximate surface area is 185 Å². The molecule has 3 heterocycles. The van der Waals surface area contributed by atoms with E-state index in [-0.39, 0.29) is 23.9 Å². The zero-order valence-electron chi connectivity index (χ0n) is 17.9. The van der Waals surface area contributed by atoms with Gasteiger partial charge in [-0.1, -0.05) is 35.5 Å². The van der Waals surface area contributed by atoms with Gasteiger partial charge >= 0.3 is 0 Å². The second-order valence-electron chi connectivity index (χ2n) is 8.00. The van der Waals surface area contributed by atoms with Crippen LogP contribution in [0, 0.1) is 0 Å². The molecule has 0 spiro atoms. The van der Waals surface area contributed by atoms with Crippen molar-refractivity contribution in [3.05, 3.63) is 60.0 Å². The number of rotatable bonds is 6. The molecule has 32 heavy (non-hydrogen) atoms. The number of hydrazine groups is 1. The molecule has 9 heteroatoms. The van der Waals surface area contributed by atoms with Gasteiger partial charge in [0.1, 0.15) is 17.5 Å². The Morgan fingerprint density at radius 2 is 1.91 bits per heavy atom. The molecule has 0 saturated carbocycles. The molecule has 0 bridgehead atoms. The van der Waals surface area contributed by atoms with Crippen LogP contribution in [0.3, 0.4) is 0 Å². The summed E-state index contributed by atoms with van der Waals surface area (Å²) >= 11 is 0. The number of nitrogens with one attached hydrogen (secondary N) is 2. The van der Waals surface area contributed by atoms with E-state index in [0.717, 1.165) is 22.6 Å². The molecule has 3 aromatic rings. The van der Waals surface area contributed by atoms with Crippen LogP contribution in [0.4, 0.5) is 0 Å². The zero-order valence-corrected chi connectivity index (χ0v) is 17.9. The van der Waals surface area contributed by atoms with Crippen LogP contribution in [0.1, 0.15) is 29.8 Å². The fourth-order valence-electron chi connectivity index (χ4n) is 4.17. The van der Waals surface area contributed by atoms with Crippen LogP contribution in [0.5, 0.6) is 11.5 Å². The zero-order chi connectivity index (χ0) is 22.1. The first-order valence-electron chi connectivity index (χ1n) is 10.6. The quantitative estimate of drug-likeness (QED) is 0.608. The first-order chi connectivity index (χ1) is 15.7. The second-order valence-corrected chi connectivity index (χ2v) is 8.00. The molecule has 2 aliphatic heterocycles. The van der Waals surface area contributed by atoms with Crippen LogP contribution in [-0.2, 0) is 4.79 Å². The summed E-state index contributed by atoms with van der Waals surface area (Å²) in [5, 5.41) is 4.08. The molecule has 5 rings (SSSR count). The van der Waals surface area contributed by atoms with Gasteiger partial charge in [0.05, 0.1) is 26.2 Å². The fraction of sp³-hybridized carbons (Fsp3) is 0.348. The Hall–Kier alpha value is -3.43. The van der Waals surface area contributed by atoms with Crippen LogP contribution in [0.2, 0.25) is 0 Å². The maximum Gasteiger partial charge on any atom is 0.241 e. The predicted octanol–water partition coefficient (Wildman–Crippen LogP) is 2.29. The average Bonchev–Trinajstić information content (AvgIpc) is 3.48. The van der Waals surface area contributed by atoms with E-state index in [1.807, 2.05) is 53.4 Å². The van der Waals surface area contributed by atoms with Crippen LogP contribution < -0.4 is 20.3 Å². The van der Waals surface area contributed by atoms with Gasteiger partial charge in [-0.25, -0.2) is 10.9 Å². The highest BCUT2D eigenvalue weighted by molar-refractivity contribution is 5.83. The van der Waals surface area contributed by atoms with Crippen molar-refractivity contribution in [3.8, 4) is 22.9 Å². The standard InChI is InChI=1S/C23H25N5O4/c1-30-16-8-9-20(31-2)17(10-16)18-11-19(26-25-18)23(29)28-12-15(13-28)22-24-21(27-32-22)14-6-4-3-5-7-14/h3-10,15,18-19,25-26H,11-13H2,1-2H3. The first kappa shape index (κ1) is 20.5. The number of amides is 1. The smallest absolute Gasteiger partial charge is 0.241 e. The Bertz CT molecular complexity index is 1100. The maximum atomic E-state index is 13.0. The van der Waals surface area contributed by atoms with Crippen molar-refractivity contribution in [3.63, 3.8) is 0 Å². The van der Waals surface area contributed by atoms with E-state index in [1.165, 1.54) is 0 Å². The number of methoxy groups -OCH3 is 2. The van der Waals surface area contributed by atoms with Gasteiger partial charge < -0.3 is 18.9 Å². The van der Waals surface area contributed by atoms with Crippen LogP contribution in [0.25, 0.3) is 11.4 Å². The fourth-order valence-corrected chi connectivity index (χ4v) is 4.17. The Morgan fingerprint density at radius 1 is 1.09 bits per heavy atom. The number of nitrogens with zero attached hydrogens (tertiary/aromatic N) is 3. The summed E-state index contributed by atoms with van der Waals surface area (Å²) in [6.45, 7) is 1.14. The summed E-state index contributed by atoms with van der Waals surface area (Å²) < 4.78 is 16.3. The van der Waals surface area contributed by atoms with E-state index < -0.39 is 0 Å². The third-order valence-electron chi connectivity index (χ3n) is 6.03. The van der Waals surface area contributed by atoms with Gasteiger partial charge in [0, 0.05) is 24.2 Å². The van der Waals surface area contributed by atoms with Crippen molar-refractivity contribution < 1.29 is 18.8 Å². The third kappa shape index (κ3) is 3.80. The predicted molar refractivity (Wildman–Crippen MR) is 116 cm³/mol. The topological polar surface area (TPSA) is 102 Å². The van der Waals surface area contributed by atoms with Crippen molar-refractivity contribution >= 4 is 5.91 Å². The molecule has 9 nitrogen and oxygen atoms in total. The molecule has 0 aliphatic carbocycles. The van der Waals surface area contributed by atoms with E-state index >= 15 is 0 Å². The molecule has 2 fully saturated rings. The van der Waals surface area contributed by atoms with Crippen molar-refractivity contribution in [2.45, 2.75) is 24.4 Å². The number of ether oxygens (including phenoxy) is 2. The van der Waals surface area contributed by atoms with Gasteiger partial charge in [-0.05, 0) is 24.6 Å². The highest BCUT2D eigenvalue weighted by Crippen LogP contribution is 2.35. The molecule has 2 atom stereocenters. The first-order valence-corrected chi connectivity index (χ1v) is 10.6. The van der Waals surface area contributed by atoms with Gasteiger partial charge in [0.25, 0.3) is 0 Å². The Morgan fingerprint density at radius 3 is 2.66 bits per heavy atom. The number of likely N-dealkylation sites (tertiary alicyclic amines) is 1. The van der Waals surface area contributed by atoms with E-state index in [1.54, 1.807) is 14.2 Å². The number of benzene rings is 2. The number of carbonyl (C=O) groups is 1. The van der Waals surface area contributed by atoms with E-state index in [4.69, 9.17) is 14.0 Å². The molecule has 2 aromatic carbocycles. The van der Waals surface area contributed by atoms with E-state index in [9.17, 15) is 4.79 Å². The summed E-state index contributed by atoms with van der Waals surface area (Å²) in [7, 11) is 3.27. The highest BCUT2D eigenvalue weighted by Gasteiger charge is 2.41. The molecule has 1 amide bonds. The Balaban J connectivity index is 1.19. The summed E-state index contributed by atoms with van der Waals surface area (Å²) in [6, 6.07) is 15.0. The molecular weight excluding hydrogens is 410 g/mol. The molecule has 2 unspecified atom stereocenters. The monoisotopic (exact) mass is 435 g/mol. The van der Waals surface area contributed by atoms with Gasteiger partial charge in [0.15, 0.2) is 0 Å². The van der Waals surface area contributed by atoms with Crippen molar-refractivity contribution in [1.29, 1.82) is 0 Å². The van der Waals surface area contributed by atoms with Crippen molar-refractivity contribution in [2.24, 2.45) is 0 Å². The number of carbonyl (C=O) groups excluding carboxylic acids is 1. The Kier molecular flexibility index (Phi) is 5.50. The average molecular weight is 435 g/mol. The van der Waals surface area contributed by atoms with Crippen LogP contribution in [-0.4, -0.2) is 54.3 Å². The lowest BCUT2D eigenvalue weighted by molar-refractivity contribution is -0.138. The largest absolute Gasteiger partial charge is 0.497 e. The lowest BCUT2D eigenvalue weighted by Gasteiger charge is -2.38. The van der Waals surface area contributed by atoms with E-state index in [0.29, 0.717) is 31.2 Å². The third-order valence-corrected chi connectivity index (χ3v) is 6.03. The number of aromatic nitrogens is 2. The minimum atomic E-state index is -0.320. The van der Waals surface area contributed by atoms with Gasteiger partial charge in [-0.3, -0.25) is 4.79 Å². The highest BCUT2D eigenvalue weighted by atomic mass is 16.5. The normalized spacial score (nSPS) is 20.8. The van der Waals surface area contributed by atoms with Gasteiger partial charge in [0.2, 0.25) is 17.6 Å². The number of hydrogen-bond acceptors (Lipinski definition) is 8. The number of hydrogen-bond donors (Lipinski definition) is 2. The molecule has 2 N–H and O–H groups in total. The second kappa shape index (κ2) is 8.60. The maximum absolute atomic E-state index is 13.0. The van der Waals surface area contributed by atoms with Crippen LogP contribution >= 0.6 is 0 Å². The summed E-state index contributed by atoms with van der Waals surface area (Å²) in [6.07, 6.45) is 0.613. The van der Waals surface area contributed by atoms with Crippen molar-refractivity contribution in [2.75, 3.05) is 27.3 Å². The molecule has 166 valence electrons. The minimum absolute atomic E-state index is 0.0564. The lowest BCUT2D eigenvalue weighted by atomic mass is 9.96.